The lowest BCUT2D eigenvalue weighted by molar-refractivity contribution is 0.395. The molecule has 5 heteroatoms. The molecule has 2 rings (SSSR count). The molecule has 1 aliphatic rings. The molecule has 1 N–H and O–H groups in total. The van der Waals surface area contributed by atoms with E-state index in [0.29, 0.717) is 6.54 Å². The highest BCUT2D eigenvalue weighted by molar-refractivity contribution is 7.88. The Morgan fingerprint density at radius 2 is 2.00 bits per heavy atom. The van der Waals surface area contributed by atoms with Gasteiger partial charge >= 0.3 is 0 Å². The Morgan fingerprint density at radius 1 is 1.29 bits per heavy atom. The highest BCUT2D eigenvalue weighted by Crippen LogP contribution is 2.30. The topological polar surface area (TPSA) is 49.4 Å². The molecule has 0 amide bonds. The highest BCUT2D eigenvalue weighted by atomic mass is 32.2. The molecule has 0 saturated heterocycles. The molecule has 0 aromatic heterocycles. The predicted octanol–water partition coefficient (Wildman–Crippen LogP) is 2.50. The van der Waals surface area contributed by atoms with Crippen molar-refractivity contribution in [2.75, 3.05) is 13.6 Å². The maximum Gasteiger partial charge on any atom is 0.218 e. The first-order valence-electron chi connectivity index (χ1n) is 7.78. The number of unbranched alkanes of at least 4 members (excludes halogenated alkanes) is 1. The second-order valence-electron chi connectivity index (χ2n) is 5.80. The van der Waals surface area contributed by atoms with Crippen LogP contribution in [0.2, 0.25) is 0 Å². The molecule has 21 heavy (non-hydrogen) atoms. The first-order valence-corrected chi connectivity index (χ1v) is 9.39. The van der Waals surface area contributed by atoms with Gasteiger partial charge in [0.25, 0.3) is 0 Å². The van der Waals surface area contributed by atoms with Crippen molar-refractivity contribution in [3.63, 3.8) is 0 Å². The normalized spacial score (nSPS) is 15.6. The summed E-state index contributed by atoms with van der Waals surface area (Å²) in [7, 11) is -1.31. The van der Waals surface area contributed by atoms with E-state index in [9.17, 15) is 8.42 Å². The van der Waals surface area contributed by atoms with Gasteiger partial charge in [-0.2, -0.15) is 4.31 Å². The Hall–Kier alpha value is -0.910. The monoisotopic (exact) mass is 310 g/mol. The van der Waals surface area contributed by atoms with Crippen LogP contribution >= 0.6 is 0 Å². The fourth-order valence-electron chi connectivity index (χ4n) is 2.55. The van der Waals surface area contributed by atoms with Gasteiger partial charge in [0.15, 0.2) is 0 Å². The summed E-state index contributed by atoms with van der Waals surface area (Å²) >= 11 is 0. The molecule has 0 unspecified atom stereocenters. The van der Waals surface area contributed by atoms with E-state index in [1.54, 1.807) is 4.31 Å². The second-order valence-corrected chi connectivity index (χ2v) is 7.72. The molecule has 1 fully saturated rings. The van der Waals surface area contributed by atoms with Gasteiger partial charge < -0.3 is 5.32 Å². The highest BCUT2D eigenvalue weighted by Gasteiger charge is 2.36. The van der Waals surface area contributed by atoms with Crippen LogP contribution in [0.5, 0.6) is 0 Å². The predicted molar refractivity (Wildman–Crippen MR) is 86.5 cm³/mol. The van der Waals surface area contributed by atoms with E-state index < -0.39 is 10.0 Å². The molecular formula is C16H26N2O2S. The van der Waals surface area contributed by atoms with E-state index in [0.717, 1.165) is 43.4 Å². The van der Waals surface area contributed by atoms with Gasteiger partial charge in [0.05, 0.1) is 5.75 Å². The van der Waals surface area contributed by atoms with Crippen molar-refractivity contribution in [1.82, 2.24) is 9.62 Å². The van der Waals surface area contributed by atoms with Gasteiger partial charge in [-0.25, -0.2) is 8.42 Å². The zero-order valence-corrected chi connectivity index (χ0v) is 13.8. The van der Waals surface area contributed by atoms with E-state index in [1.165, 1.54) is 0 Å². The summed E-state index contributed by atoms with van der Waals surface area (Å²) in [5.74, 6) is 0.116. The van der Waals surface area contributed by atoms with Gasteiger partial charge in [0.2, 0.25) is 10.0 Å². The number of hydrogen-bond donors (Lipinski definition) is 1. The van der Waals surface area contributed by atoms with E-state index in [2.05, 4.69) is 12.2 Å². The first kappa shape index (κ1) is 16.5. The average Bonchev–Trinajstić information content (AvgIpc) is 3.24. The van der Waals surface area contributed by atoms with Crippen LogP contribution in [0.4, 0.5) is 0 Å². The Morgan fingerprint density at radius 3 is 2.62 bits per heavy atom. The first-order chi connectivity index (χ1) is 10.1. The summed E-state index contributed by atoms with van der Waals surface area (Å²) in [4.78, 5) is 0. The lowest BCUT2D eigenvalue weighted by atomic mass is 10.1. The van der Waals surface area contributed by atoms with Gasteiger partial charge in [0.1, 0.15) is 0 Å². The molecule has 0 radical (unpaired) electrons. The third-order valence-corrected chi connectivity index (χ3v) is 5.66. The van der Waals surface area contributed by atoms with Crippen molar-refractivity contribution < 1.29 is 8.42 Å². The van der Waals surface area contributed by atoms with Gasteiger partial charge in [0, 0.05) is 19.1 Å². The fourth-order valence-corrected chi connectivity index (χ4v) is 4.39. The lowest BCUT2D eigenvalue weighted by Crippen LogP contribution is -2.35. The second kappa shape index (κ2) is 7.38. The SMILES string of the molecule is CCCCN(C1CC1)S(=O)(=O)Cc1cccc(CNC)c1. The van der Waals surface area contributed by atoms with E-state index >= 15 is 0 Å². The van der Waals surface area contributed by atoms with Gasteiger partial charge in [-0.3, -0.25) is 0 Å². The minimum Gasteiger partial charge on any atom is -0.316 e. The maximum absolute atomic E-state index is 12.7. The molecule has 0 aliphatic heterocycles. The van der Waals surface area contributed by atoms with Crippen LogP contribution in [0, 0.1) is 0 Å². The van der Waals surface area contributed by atoms with Crippen LogP contribution in [-0.4, -0.2) is 32.4 Å². The minimum atomic E-state index is -3.20. The maximum atomic E-state index is 12.7. The zero-order valence-electron chi connectivity index (χ0n) is 13.0. The molecule has 1 aromatic carbocycles. The number of nitrogens with zero attached hydrogens (tertiary/aromatic N) is 1. The summed E-state index contributed by atoms with van der Waals surface area (Å²) in [6.45, 7) is 3.52. The number of benzene rings is 1. The quantitative estimate of drug-likeness (QED) is 0.762. The number of nitrogens with one attached hydrogen (secondary N) is 1. The summed E-state index contributed by atoms with van der Waals surface area (Å²) in [6.07, 6.45) is 4.00. The summed E-state index contributed by atoms with van der Waals surface area (Å²) in [5.41, 5.74) is 2.00. The number of rotatable bonds is 9. The van der Waals surface area contributed by atoms with E-state index in [-0.39, 0.29) is 11.8 Å². The minimum absolute atomic E-state index is 0.116. The summed E-state index contributed by atoms with van der Waals surface area (Å²) < 4.78 is 27.1. The molecule has 0 spiro atoms. The van der Waals surface area contributed by atoms with Gasteiger partial charge in [-0.05, 0) is 37.4 Å². The molecule has 1 aliphatic carbocycles. The summed E-state index contributed by atoms with van der Waals surface area (Å²) in [6, 6.07) is 8.09. The van der Waals surface area contributed by atoms with Crippen LogP contribution < -0.4 is 5.32 Å². The third-order valence-electron chi connectivity index (χ3n) is 3.76. The van der Waals surface area contributed by atoms with Crippen LogP contribution in [0.3, 0.4) is 0 Å². The molecule has 1 aromatic rings. The van der Waals surface area contributed by atoms with Crippen LogP contribution in [-0.2, 0) is 22.3 Å². The Kier molecular flexibility index (Phi) is 5.79. The molecule has 0 heterocycles. The Bertz CT molecular complexity index is 553. The summed E-state index contributed by atoms with van der Waals surface area (Å²) in [5, 5.41) is 3.09. The van der Waals surface area contributed by atoms with Gasteiger partial charge in [-0.15, -0.1) is 0 Å². The van der Waals surface area contributed by atoms with Crippen LogP contribution in [0.1, 0.15) is 43.7 Å². The standard InChI is InChI=1S/C16H26N2O2S/c1-3-4-10-18(16-8-9-16)21(19,20)13-15-7-5-6-14(11-15)12-17-2/h5-7,11,16-17H,3-4,8-10,12-13H2,1-2H3. The number of sulfonamides is 1. The largest absolute Gasteiger partial charge is 0.316 e. The molecule has 1 saturated carbocycles. The van der Waals surface area contributed by atoms with Crippen molar-refractivity contribution >= 4 is 10.0 Å². The smallest absolute Gasteiger partial charge is 0.218 e. The molecule has 4 nitrogen and oxygen atoms in total. The van der Waals surface area contributed by atoms with Crippen LogP contribution in [0.15, 0.2) is 24.3 Å². The van der Waals surface area contributed by atoms with Crippen molar-refractivity contribution in [2.24, 2.45) is 0 Å². The Balaban J connectivity index is 2.09. The van der Waals surface area contributed by atoms with Crippen molar-refractivity contribution in [3.05, 3.63) is 35.4 Å². The zero-order chi connectivity index (χ0) is 15.3. The van der Waals surface area contributed by atoms with E-state index in [4.69, 9.17) is 0 Å². The van der Waals surface area contributed by atoms with E-state index in [1.807, 2.05) is 31.3 Å². The molecular weight excluding hydrogens is 284 g/mol. The lowest BCUT2D eigenvalue weighted by Gasteiger charge is -2.21. The fraction of sp³-hybridized carbons (Fsp3) is 0.625. The van der Waals surface area contributed by atoms with Crippen molar-refractivity contribution in [2.45, 2.75) is 50.9 Å². The van der Waals surface area contributed by atoms with Crippen LogP contribution in [0.25, 0.3) is 0 Å². The van der Waals surface area contributed by atoms with Crippen molar-refractivity contribution in [1.29, 1.82) is 0 Å². The van der Waals surface area contributed by atoms with Crippen molar-refractivity contribution in [3.8, 4) is 0 Å². The molecule has 118 valence electrons. The molecule has 0 bridgehead atoms. The molecule has 0 atom stereocenters. The van der Waals surface area contributed by atoms with Gasteiger partial charge in [-0.1, -0.05) is 37.6 Å². The number of hydrogen-bond acceptors (Lipinski definition) is 3. The Labute approximate surface area is 128 Å². The average molecular weight is 310 g/mol. The third kappa shape index (κ3) is 4.80.